The zero-order chi connectivity index (χ0) is 27.3. The molecular formula is C26H28FN3O6S2. The zero-order valence-electron chi connectivity index (χ0n) is 20.7. The summed E-state index contributed by atoms with van der Waals surface area (Å²) < 4.78 is 74.6. The third kappa shape index (κ3) is 6.43. The second-order valence-electron chi connectivity index (χ2n) is 8.81. The Bertz CT molecular complexity index is 1500. The summed E-state index contributed by atoms with van der Waals surface area (Å²) in [5.41, 5.74) is 0.466. The lowest BCUT2D eigenvalue weighted by Crippen LogP contribution is -2.32. The number of rotatable bonds is 8. The summed E-state index contributed by atoms with van der Waals surface area (Å²) in [6, 6.07) is 14.0. The van der Waals surface area contributed by atoms with Crippen molar-refractivity contribution in [3.05, 3.63) is 78.1 Å². The molecule has 1 amide bonds. The number of nitrogens with one attached hydrogen (secondary N) is 2. The molecule has 12 heteroatoms. The summed E-state index contributed by atoms with van der Waals surface area (Å²) in [7, 11) is -6.67. The minimum atomic E-state index is -4.11. The van der Waals surface area contributed by atoms with Crippen molar-refractivity contribution in [2.75, 3.05) is 29.6 Å². The molecule has 3 aromatic carbocycles. The van der Waals surface area contributed by atoms with Gasteiger partial charge in [0.05, 0.1) is 22.5 Å². The number of halogens is 1. The predicted octanol–water partition coefficient (Wildman–Crippen LogP) is 4.45. The standard InChI is InChI=1S/C26H28FN3O6S2/c1-36-25-15-14-23(18-24(25)26(31)30-16-4-2-3-5-17-30)38(34,35)29-21-10-12-22(13-11-21)37(32,33)28-20-8-6-19(27)7-9-20/h6-15,18,28-29H,2-5,16-17H2,1H3. The number of ether oxygens (including phenoxy) is 1. The Kier molecular flexibility index (Phi) is 8.22. The average Bonchev–Trinajstić information content (AvgIpc) is 3.19. The van der Waals surface area contributed by atoms with Crippen LogP contribution in [0.2, 0.25) is 0 Å². The zero-order valence-corrected chi connectivity index (χ0v) is 22.3. The molecule has 1 saturated heterocycles. The first kappa shape index (κ1) is 27.4. The van der Waals surface area contributed by atoms with E-state index in [-0.39, 0.29) is 38.4 Å². The van der Waals surface area contributed by atoms with Crippen LogP contribution in [0.5, 0.6) is 5.75 Å². The van der Waals surface area contributed by atoms with Gasteiger partial charge in [0.15, 0.2) is 0 Å². The van der Waals surface area contributed by atoms with Gasteiger partial charge < -0.3 is 9.64 Å². The van der Waals surface area contributed by atoms with Crippen molar-refractivity contribution in [2.45, 2.75) is 35.5 Å². The molecule has 1 aliphatic rings. The van der Waals surface area contributed by atoms with E-state index in [9.17, 15) is 26.0 Å². The number of amides is 1. The molecule has 202 valence electrons. The van der Waals surface area contributed by atoms with Gasteiger partial charge in [-0.3, -0.25) is 14.2 Å². The van der Waals surface area contributed by atoms with Gasteiger partial charge in [0, 0.05) is 24.5 Å². The molecule has 0 spiro atoms. The van der Waals surface area contributed by atoms with Gasteiger partial charge in [-0.05, 0) is 79.6 Å². The number of methoxy groups -OCH3 is 1. The first-order valence-corrected chi connectivity index (χ1v) is 14.9. The second kappa shape index (κ2) is 11.4. The van der Waals surface area contributed by atoms with Gasteiger partial charge in [-0.25, -0.2) is 21.2 Å². The first-order chi connectivity index (χ1) is 18.1. The molecule has 1 fully saturated rings. The number of carbonyl (C=O) groups is 1. The van der Waals surface area contributed by atoms with Gasteiger partial charge in [-0.1, -0.05) is 12.8 Å². The highest BCUT2D eigenvalue weighted by atomic mass is 32.2. The number of hydrogen-bond donors (Lipinski definition) is 2. The Morgan fingerprint density at radius 3 is 1.82 bits per heavy atom. The van der Waals surface area contributed by atoms with Gasteiger partial charge >= 0.3 is 0 Å². The topological polar surface area (TPSA) is 122 Å². The smallest absolute Gasteiger partial charge is 0.261 e. The number of likely N-dealkylation sites (tertiary alicyclic amines) is 1. The van der Waals surface area contributed by atoms with Crippen LogP contribution in [0.4, 0.5) is 15.8 Å². The summed E-state index contributed by atoms with van der Waals surface area (Å²) in [6.45, 7) is 1.20. The van der Waals surface area contributed by atoms with E-state index >= 15 is 0 Å². The maximum absolute atomic E-state index is 13.2. The van der Waals surface area contributed by atoms with Crippen LogP contribution >= 0.6 is 0 Å². The van der Waals surface area contributed by atoms with E-state index in [2.05, 4.69) is 9.44 Å². The van der Waals surface area contributed by atoms with E-state index in [0.717, 1.165) is 37.8 Å². The quantitative estimate of drug-likeness (QED) is 0.419. The molecule has 0 atom stereocenters. The van der Waals surface area contributed by atoms with Crippen molar-refractivity contribution in [2.24, 2.45) is 0 Å². The number of anilines is 2. The summed E-state index contributed by atoms with van der Waals surface area (Å²) in [5, 5.41) is 0. The highest BCUT2D eigenvalue weighted by molar-refractivity contribution is 7.93. The Hall–Kier alpha value is -3.64. The largest absolute Gasteiger partial charge is 0.496 e. The van der Waals surface area contributed by atoms with E-state index in [4.69, 9.17) is 4.74 Å². The molecule has 0 aliphatic carbocycles. The molecule has 3 aromatic rings. The maximum Gasteiger partial charge on any atom is 0.261 e. The maximum atomic E-state index is 13.2. The second-order valence-corrected chi connectivity index (χ2v) is 12.2. The van der Waals surface area contributed by atoms with Crippen LogP contribution in [-0.4, -0.2) is 47.8 Å². The molecule has 2 N–H and O–H groups in total. The molecule has 38 heavy (non-hydrogen) atoms. The predicted molar refractivity (Wildman–Crippen MR) is 142 cm³/mol. The lowest BCUT2D eigenvalue weighted by atomic mass is 10.1. The molecular weight excluding hydrogens is 533 g/mol. The molecule has 0 bridgehead atoms. The van der Waals surface area contributed by atoms with Crippen LogP contribution in [0, 0.1) is 5.82 Å². The minimum absolute atomic E-state index is 0.112. The fourth-order valence-electron chi connectivity index (χ4n) is 4.11. The molecule has 0 saturated carbocycles. The molecule has 9 nitrogen and oxygen atoms in total. The van der Waals surface area contributed by atoms with E-state index in [1.165, 1.54) is 61.7 Å². The van der Waals surface area contributed by atoms with Gasteiger partial charge in [0.25, 0.3) is 26.0 Å². The minimum Gasteiger partial charge on any atom is -0.496 e. The lowest BCUT2D eigenvalue weighted by Gasteiger charge is -2.22. The number of sulfonamides is 2. The third-order valence-electron chi connectivity index (χ3n) is 6.12. The molecule has 0 unspecified atom stereocenters. The Morgan fingerprint density at radius 2 is 1.26 bits per heavy atom. The number of hydrogen-bond acceptors (Lipinski definition) is 6. The first-order valence-electron chi connectivity index (χ1n) is 12.0. The average molecular weight is 562 g/mol. The van der Waals surface area contributed by atoms with Crippen molar-refractivity contribution in [3.8, 4) is 5.75 Å². The highest BCUT2D eigenvalue weighted by Crippen LogP contribution is 2.27. The molecule has 4 rings (SSSR count). The van der Waals surface area contributed by atoms with Gasteiger partial charge in [0.2, 0.25) is 0 Å². The normalized spacial score (nSPS) is 14.4. The van der Waals surface area contributed by atoms with Crippen LogP contribution < -0.4 is 14.2 Å². The van der Waals surface area contributed by atoms with Crippen molar-refractivity contribution in [1.82, 2.24) is 4.90 Å². The van der Waals surface area contributed by atoms with Crippen LogP contribution in [0.25, 0.3) is 0 Å². The molecule has 0 aromatic heterocycles. The monoisotopic (exact) mass is 561 g/mol. The van der Waals surface area contributed by atoms with Crippen molar-refractivity contribution in [3.63, 3.8) is 0 Å². The summed E-state index contributed by atoms with van der Waals surface area (Å²) in [5.74, 6) is -0.509. The van der Waals surface area contributed by atoms with E-state index in [1.807, 2.05) is 0 Å². The van der Waals surface area contributed by atoms with Crippen LogP contribution in [-0.2, 0) is 20.0 Å². The van der Waals surface area contributed by atoms with Crippen molar-refractivity contribution >= 4 is 37.3 Å². The number of benzene rings is 3. The van der Waals surface area contributed by atoms with Gasteiger partial charge in [-0.2, -0.15) is 0 Å². The van der Waals surface area contributed by atoms with E-state index < -0.39 is 25.9 Å². The molecule has 1 aliphatic heterocycles. The van der Waals surface area contributed by atoms with E-state index in [0.29, 0.717) is 13.1 Å². The fourth-order valence-corrected chi connectivity index (χ4v) is 6.26. The SMILES string of the molecule is COc1ccc(S(=O)(=O)Nc2ccc(S(=O)(=O)Nc3ccc(F)cc3)cc2)cc1C(=O)N1CCCCCC1. The van der Waals surface area contributed by atoms with Crippen LogP contribution in [0.3, 0.4) is 0 Å². The summed E-state index contributed by atoms with van der Waals surface area (Å²) in [4.78, 5) is 14.7. The van der Waals surface area contributed by atoms with Crippen molar-refractivity contribution in [1.29, 1.82) is 0 Å². The van der Waals surface area contributed by atoms with Gasteiger partial charge in [0.1, 0.15) is 11.6 Å². The highest BCUT2D eigenvalue weighted by Gasteiger charge is 2.24. The summed E-state index contributed by atoms with van der Waals surface area (Å²) >= 11 is 0. The molecule has 1 heterocycles. The van der Waals surface area contributed by atoms with Crippen molar-refractivity contribution < 1.29 is 30.8 Å². The van der Waals surface area contributed by atoms with Crippen LogP contribution in [0.1, 0.15) is 36.0 Å². The van der Waals surface area contributed by atoms with E-state index in [1.54, 1.807) is 4.90 Å². The summed E-state index contributed by atoms with van der Waals surface area (Å²) in [6.07, 6.45) is 3.86. The Morgan fingerprint density at radius 1 is 0.763 bits per heavy atom. The molecule has 0 radical (unpaired) electrons. The number of carbonyl (C=O) groups excluding carboxylic acids is 1. The fraction of sp³-hybridized carbons (Fsp3) is 0.269. The Labute approximate surface area is 221 Å². The van der Waals surface area contributed by atoms with Crippen LogP contribution in [0.15, 0.2) is 76.5 Å². The third-order valence-corrected chi connectivity index (χ3v) is 8.89. The lowest BCUT2D eigenvalue weighted by molar-refractivity contribution is 0.0758. The van der Waals surface area contributed by atoms with Gasteiger partial charge in [-0.15, -0.1) is 0 Å². The number of nitrogens with zero attached hydrogens (tertiary/aromatic N) is 1. The Balaban J connectivity index is 1.53.